The SMILES string of the molecule is COC1CCCC(CC(NC2=NCCN2)C2CCCC(Cl)C2Cl)C1. The first kappa shape index (κ1) is 18.6. The largest absolute Gasteiger partial charge is 0.381 e. The van der Waals surface area contributed by atoms with Gasteiger partial charge in [0.25, 0.3) is 0 Å². The standard InChI is InChI=1S/C18H31Cl2N3O/c1-24-13-5-2-4-12(10-13)11-16(23-18-21-8-9-22-18)14-6-3-7-15(19)17(14)20/h12-17H,2-11H2,1H3,(H2,21,22,23). The van der Waals surface area contributed by atoms with Crippen molar-refractivity contribution >= 4 is 29.2 Å². The molecule has 6 unspecified atom stereocenters. The second-order valence-corrected chi connectivity index (χ2v) is 8.65. The van der Waals surface area contributed by atoms with Crippen molar-refractivity contribution in [3.05, 3.63) is 0 Å². The summed E-state index contributed by atoms with van der Waals surface area (Å²) in [5.74, 6) is 2.05. The molecule has 2 fully saturated rings. The number of alkyl halides is 2. The molecule has 138 valence electrons. The van der Waals surface area contributed by atoms with E-state index >= 15 is 0 Å². The molecule has 0 saturated heterocycles. The summed E-state index contributed by atoms with van der Waals surface area (Å²) in [5.41, 5.74) is 0. The number of ether oxygens (including phenoxy) is 1. The third-order valence-electron chi connectivity index (χ3n) is 5.94. The van der Waals surface area contributed by atoms with Crippen molar-refractivity contribution in [2.45, 2.75) is 74.3 Å². The van der Waals surface area contributed by atoms with E-state index in [4.69, 9.17) is 27.9 Å². The molecule has 24 heavy (non-hydrogen) atoms. The lowest BCUT2D eigenvalue weighted by molar-refractivity contribution is 0.0450. The average Bonchev–Trinajstić information content (AvgIpc) is 3.10. The molecule has 1 aliphatic heterocycles. The van der Waals surface area contributed by atoms with Crippen molar-refractivity contribution in [1.82, 2.24) is 10.6 Å². The first-order valence-electron chi connectivity index (χ1n) is 9.53. The number of nitrogens with zero attached hydrogens (tertiary/aromatic N) is 1. The van der Waals surface area contributed by atoms with Crippen molar-refractivity contribution in [2.24, 2.45) is 16.8 Å². The summed E-state index contributed by atoms with van der Waals surface area (Å²) in [6.07, 6.45) is 9.85. The predicted octanol–water partition coefficient (Wildman–Crippen LogP) is 3.51. The molecule has 6 atom stereocenters. The Bertz CT molecular complexity index is 434. The van der Waals surface area contributed by atoms with Crippen LogP contribution in [0.25, 0.3) is 0 Å². The van der Waals surface area contributed by atoms with E-state index in [0.717, 1.165) is 38.3 Å². The summed E-state index contributed by atoms with van der Waals surface area (Å²) in [7, 11) is 1.84. The molecule has 0 radical (unpaired) electrons. The first-order valence-corrected chi connectivity index (χ1v) is 10.4. The number of methoxy groups -OCH3 is 1. The van der Waals surface area contributed by atoms with Gasteiger partial charge in [0.1, 0.15) is 0 Å². The first-order chi connectivity index (χ1) is 11.7. The zero-order valence-corrected chi connectivity index (χ0v) is 16.2. The van der Waals surface area contributed by atoms with Crippen LogP contribution in [0.15, 0.2) is 4.99 Å². The molecule has 6 heteroatoms. The van der Waals surface area contributed by atoms with Gasteiger partial charge < -0.3 is 15.4 Å². The molecule has 1 heterocycles. The van der Waals surface area contributed by atoms with Crippen LogP contribution in [0.5, 0.6) is 0 Å². The molecule has 0 aromatic rings. The molecule has 0 aromatic carbocycles. The second kappa shape index (κ2) is 8.95. The Morgan fingerprint density at radius 3 is 2.83 bits per heavy atom. The van der Waals surface area contributed by atoms with E-state index in [0.29, 0.717) is 24.0 Å². The molecular formula is C18H31Cl2N3O. The van der Waals surface area contributed by atoms with Gasteiger partial charge >= 0.3 is 0 Å². The summed E-state index contributed by atoms with van der Waals surface area (Å²) in [5, 5.41) is 7.15. The average molecular weight is 376 g/mol. The molecule has 0 spiro atoms. The minimum absolute atomic E-state index is 0.0433. The van der Waals surface area contributed by atoms with Crippen molar-refractivity contribution in [1.29, 1.82) is 0 Å². The van der Waals surface area contributed by atoms with Crippen molar-refractivity contribution in [3.8, 4) is 0 Å². The number of hydrogen-bond donors (Lipinski definition) is 2. The van der Waals surface area contributed by atoms with Crippen LogP contribution in [0.1, 0.15) is 51.4 Å². The molecule has 0 aromatic heterocycles. The summed E-state index contributed by atoms with van der Waals surface area (Å²) in [6, 6.07) is 0.346. The fraction of sp³-hybridized carbons (Fsp3) is 0.944. The van der Waals surface area contributed by atoms with Crippen LogP contribution < -0.4 is 10.6 Å². The normalized spacial score (nSPS) is 38.3. The molecule has 3 aliphatic rings. The van der Waals surface area contributed by atoms with Crippen molar-refractivity contribution < 1.29 is 4.74 Å². The molecule has 2 saturated carbocycles. The summed E-state index contributed by atoms with van der Waals surface area (Å²) >= 11 is 13.2. The van der Waals surface area contributed by atoms with E-state index in [2.05, 4.69) is 15.6 Å². The zero-order valence-electron chi connectivity index (χ0n) is 14.6. The van der Waals surface area contributed by atoms with E-state index in [1.54, 1.807) is 0 Å². The molecule has 4 nitrogen and oxygen atoms in total. The Kier molecular flexibility index (Phi) is 6.94. The lowest BCUT2D eigenvalue weighted by atomic mass is 9.76. The van der Waals surface area contributed by atoms with Gasteiger partial charge in [0.2, 0.25) is 0 Å². The molecule has 3 rings (SSSR count). The number of guanidine groups is 1. The summed E-state index contributed by atoms with van der Waals surface area (Å²) < 4.78 is 5.62. The maximum atomic E-state index is 6.73. The number of hydrogen-bond acceptors (Lipinski definition) is 4. The second-order valence-electron chi connectivity index (χ2n) is 7.59. The van der Waals surface area contributed by atoms with Gasteiger partial charge in [-0.15, -0.1) is 23.2 Å². The third kappa shape index (κ3) is 4.70. The quantitative estimate of drug-likeness (QED) is 0.722. The van der Waals surface area contributed by atoms with E-state index in [1.807, 2.05) is 7.11 Å². The van der Waals surface area contributed by atoms with Gasteiger partial charge in [0.05, 0.1) is 23.4 Å². The number of halogens is 2. The molecule has 0 amide bonds. The van der Waals surface area contributed by atoms with E-state index in [-0.39, 0.29) is 10.8 Å². The third-order valence-corrected chi connectivity index (χ3v) is 7.19. The van der Waals surface area contributed by atoms with Crippen LogP contribution in [0.3, 0.4) is 0 Å². The Balaban J connectivity index is 1.66. The number of aliphatic imine (C=N–C) groups is 1. The highest BCUT2D eigenvalue weighted by Crippen LogP contribution is 2.38. The molecular weight excluding hydrogens is 345 g/mol. The monoisotopic (exact) mass is 375 g/mol. The van der Waals surface area contributed by atoms with E-state index in [1.165, 1.54) is 32.1 Å². The van der Waals surface area contributed by atoms with E-state index in [9.17, 15) is 0 Å². The van der Waals surface area contributed by atoms with Gasteiger partial charge in [-0.05, 0) is 43.9 Å². The minimum Gasteiger partial charge on any atom is -0.381 e. The maximum Gasteiger partial charge on any atom is 0.191 e. The van der Waals surface area contributed by atoms with Gasteiger partial charge in [0, 0.05) is 19.7 Å². The van der Waals surface area contributed by atoms with Gasteiger partial charge in [-0.2, -0.15) is 0 Å². The molecule has 2 aliphatic carbocycles. The Morgan fingerprint density at radius 1 is 1.25 bits per heavy atom. The Labute approximate surface area is 156 Å². The van der Waals surface area contributed by atoms with Gasteiger partial charge in [-0.25, -0.2) is 0 Å². The van der Waals surface area contributed by atoms with Crippen LogP contribution in [0.4, 0.5) is 0 Å². The maximum absolute atomic E-state index is 6.73. The Morgan fingerprint density at radius 2 is 2.08 bits per heavy atom. The summed E-state index contributed by atoms with van der Waals surface area (Å²) in [4.78, 5) is 4.53. The van der Waals surface area contributed by atoms with Crippen LogP contribution in [0.2, 0.25) is 0 Å². The minimum atomic E-state index is 0.0433. The number of rotatable bonds is 5. The van der Waals surface area contributed by atoms with Gasteiger partial charge in [0.15, 0.2) is 5.96 Å². The summed E-state index contributed by atoms with van der Waals surface area (Å²) in [6.45, 7) is 1.79. The smallest absolute Gasteiger partial charge is 0.191 e. The zero-order chi connectivity index (χ0) is 16.9. The van der Waals surface area contributed by atoms with Crippen LogP contribution >= 0.6 is 23.2 Å². The fourth-order valence-corrected chi connectivity index (χ4v) is 5.37. The van der Waals surface area contributed by atoms with Crippen LogP contribution in [-0.2, 0) is 4.74 Å². The van der Waals surface area contributed by atoms with Crippen LogP contribution in [-0.4, -0.2) is 49.1 Å². The van der Waals surface area contributed by atoms with Crippen LogP contribution in [0, 0.1) is 11.8 Å². The van der Waals surface area contributed by atoms with Gasteiger partial charge in [-0.3, -0.25) is 4.99 Å². The van der Waals surface area contributed by atoms with Crippen molar-refractivity contribution in [3.63, 3.8) is 0 Å². The Hall–Kier alpha value is -0.190. The molecule has 0 bridgehead atoms. The van der Waals surface area contributed by atoms with Gasteiger partial charge in [-0.1, -0.05) is 19.3 Å². The van der Waals surface area contributed by atoms with Crippen molar-refractivity contribution in [2.75, 3.05) is 20.2 Å². The molecule has 2 N–H and O–H groups in total. The fourth-order valence-electron chi connectivity index (χ4n) is 4.60. The highest BCUT2D eigenvalue weighted by molar-refractivity contribution is 6.30. The highest BCUT2D eigenvalue weighted by atomic mass is 35.5. The lowest BCUT2D eigenvalue weighted by Crippen LogP contribution is -2.50. The number of nitrogens with one attached hydrogen (secondary N) is 2. The predicted molar refractivity (Wildman–Crippen MR) is 101 cm³/mol. The topological polar surface area (TPSA) is 45.6 Å². The lowest BCUT2D eigenvalue weighted by Gasteiger charge is -2.40. The van der Waals surface area contributed by atoms with E-state index < -0.39 is 0 Å². The highest BCUT2D eigenvalue weighted by Gasteiger charge is 2.38.